The fraction of sp³-hybridized carbons (Fsp3) is 0.200. The number of halogens is 3. The lowest BCUT2D eigenvalue weighted by Crippen LogP contribution is -2.22. The summed E-state index contributed by atoms with van der Waals surface area (Å²) in [6.07, 6.45) is 0.187. The SMILES string of the molecule is O=C(OC[C@H](O)CO)c1ccccc1Nc1ccnc2c(SC(F)(F)F)cccc12. The van der Waals surface area contributed by atoms with Crippen molar-refractivity contribution in [2.45, 2.75) is 16.5 Å². The topological polar surface area (TPSA) is 91.7 Å². The van der Waals surface area contributed by atoms with Crippen LogP contribution in [0.15, 0.2) is 59.6 Å². The quantitative estimate of drug-likeness (QED) is 0.378. The third-order valence-corrected chi connectivity index (χ3v) is 4.77. The van der Waals surface area contributed by atoms with Gasteiger partial charge in [0.05, 0.1) is 23.4 Å². The highest BCUT2D eigenvalue weighted by Gasteiger charge is 2.30. The Morgan fingerprint density at radius 1 is 1.13 bits per heavy atom. The van der Waals surface area contributed by atoms with E-state index >= 15 is 0 Å². The normalized spacial score (nSPS) is 12.6. The van der Waals surface area contributed by atoms with Crippen LogP contribution in [0.3, 0.4) is 0 Å². The van der Waals surface area contributed by atoms with Gasteiger partial charge < -0.3 is 20.3 Å². The number of aromatic nitrogens is 1. The molecule has 0 spiro atoms. The predicted octanol–water partition coefficient (Wildman–Crippen LogP) is 4.10. The second-order valence-electron chi connectivity index (χ2n) is 6.16. The summed E-state index contributed by atoms with van der Waals surface area (Å²) in [5.41, 5.74) is -3.29. The molecule has 2 aromatic carbocycles. The number of nitrogens with zero attached hydrogens (tertiary/aromatic N) is 1. The van der Waals surface area contributed by atoms with E-state index in [9.17, 15) is 23.1 Å². The molecule has 0 aliphatic carbocycles. The summed E-state index contributed by atoms with van der Waals surface area (Å²) >= 11 is -0.244. The molecule has 1 aromatic heterocycles. The molecule has 3 aromatic rings. The Labute approximate surface area is 173 Å². The molecular formula is C20H17F3N2O4S. The van der Waals surface area contributed by atoms with Gasteiger partial charge in [0.1, 0.15) is 12.7 Å². The first-order valence-corrected chi connectivity index (χ1v) is 9.55. The number of para-hydroxylation sites is 2. The number of alkyl halides is 3. The Morgan fingerprint density at radius 3 is 2.63 bits per heavy atom. The number of pyridine rings is 1. The van der Waals surface area contributed by atoms with E-state index in [4.69, 9.17) is 9.84 Å². The third kappa shape index (κ3) is 5.41. The monoisotopic (exact) mass is 438 g/mol. The number of carbonyl (C=O) groups is 1. The first-order valence-electron chi connectivity index (χ1n) is 8.74. The molecule has 0 saturated carbocycles. The van der Waals surface area contributed by atoms with Crippen molar-refractivity contribution >= 4 is 40.0 Å². The van der Waals surface area contributed by atoms with Crippen molar-refractivity contribution in [2.75, 3.05) is 18.5 Å². The number of esters is 1. The molecular weight excluding hydrogens is 421 g/mol. The van der Waals surface area contributed by atoms with Gasteiger partial charge in [0.2, 0.25) is 0 Å². The summed E-state index contributed by atoms with van der Waals surface area (Å²) in [5.74, 6) is -0.725. The molecule has 3 N–H and O–H groups in total. The first-order chi connectivity index (χ1) is 14.3. The lowest BCUT2D eigenvalue weighted by Gasteiger charge is -2.15. The van der Waals surface area contributed by atoms with Gasteiger partial charge in [-0.3, -0.25) is 4.98 Å². The number of fused-ring (bicyclic) bond motifs is 1. The van der Waals surface area contributed by atoms with Crippen LogP contribution < -0.4 is 5.32 Å². The Hall–Kier alpha value is -2.82. The number of benzene rings is 2. The highest BCUT2D eigenvalue weighted by atomic mass is 32.2. The Balaban J connectivity index is 1.92. The number of nitrogens with one attached hydrogen (secondary N) is 1. The number of ether oxygens (including phenoxy) is 1. The number of aliphatic hydroxyl groups excluding tert-OH is 2. The van der Waals surface area contributed by atoms with Crippen molar-refractivity contribution < 1.29 is 32.9 Å². The Kier molecular flexibility index (Phi) is 6.80. The zero-order chi connectivity index (χ0) is 21.7. The molecule has 0 amide bonds. The number of thioether (sulfide) groups is 1. The molecule has 158 valence electrons. The Bertz CT molecular complexity index is 1050. The van der Waals surface area contributed by atoms with E-state index in [1.54, 1.807) is 30.3 Å². The highest BCUT2D eigenvalue weighted by Crippen LogP contribution is 2.41. The zero-order valence-corrected chi connectivity index (χ0v) is 16.2. The van der Waals surface area contributed by atoms with Gasteiger partial charge in [-0.05, 0) is 36.0 Å². The molecule has 0 fully saturated rings. The van der Waals surface area contributed by atoms with Crippen molar-refractivity contribution in [3.05, 3.63) is 60.3 Å². The molecule has 0 aliphatic heterocycles. The average Bonchev–Trinajstić information content (AvgIpc) is 2.71. The van der Waals surface area contributed by atoms with Crippen LogP contribution in [0.5, 0.6) is 0 Å². The molecule has 1 heterocycles. The lowest BCUT2D eigenvalue weighted by molar-refractivity contribution is -0.0327. The summed E-state index contributed by atoms with van der Waals surface area (Å²) in [6.45, 7) is -0.922. The minimum Gasteiger partial charge on any atom is -0.459 e. The van der Waals surface area contributed by atoms with Gasteiger partial charge in [0, 0.05) is 22.2 Å². The van der Waals surface area contributed by atoms with E-state index in [2.05, 4.69) is 10.3 Å². The van der Waals surface area contributed by atoms with Gasteiger partial charge in [0.15, 0.2) is 0 Å². The molecule has 1 atom stereocenters. The smallest absolute Gasteiger partial charge is 0.446 e. The molecule has 0 aliphatic rings. The number of rotatable bonds is 7. The van der Waals surface area contributed by atoms with Crippen LogP contribution in [-0.2, 0) is 4.74 Å². The molecule has 0 bridgehead atoms. The average molecular weight is 438 g/mol. The predicted molar refractivity (Wildman–Crippen MR) is 107 cm³/mol. The van der Waals surface area contributed by atoms with E-state index in [0.29, 0.717) is 16.8 Å². The largest absolute Gasteiger partial charge is 0.459 e. The van der Waals surface area contributed by atoms with Crippen LogP contribution >= 0.6 is 11.8 Å². The molecule has 6 nitrogen and oxygen atoms in total. The van der Waals surface area contributed by atoms with Gasteiger partial charge in [-0.25, -0.2) is 4.79 Å². The van der Waals surface area contributed by atoms with E-state index < -0.39 is 24.2 Å². The fourth-order valence-electron chi connectivity index (χ4n) is 2.68. The van der Waals surface area contributed by atoms with Crippen LogP contribution in [0, 0.1) is 0 Å². The van der Waals surface area contributed by atoms with Crippen molar-refractivity contribution in [3.8, 4) is 0 Å². The second kappa shape index (κ2) is 9.33. The molecule has 0 unspecified atom stereocenters. The standard InChI is InChI=1S/C20H17F3N2O4S/c21-20(22,23)30-17-7-3-5-13-16(8-9-24-18(13)17)25-15-6-2-1-4-14(15)19(28)29-11-12(27)10-26/h1-9,12,26-27H,10-11H2,(H,24,25)/t12-/m1/s1. The van der Waals surface area contributed by atoms with Gasteiger partial charge in [-0.15, -0.1) is 0 Å². The van der Waals surface area contributed by atoms with Crippen molar-refractivity contribution in [2.24, 2.45) is 0 Å². The van der Waals surface area contributed by atoms with Gasteiger partial charge >= 0.3 is 11.5 Å². The minimum atomic E-state index is -4.45. The lowest BCUT2D eigenvalue weighted by atomic mass is 10.1. The number of carbonyl (C=O) groups excluding carboxylic acids is 1. The van der Waals surface area contributed by atoms with Crippen molar-refractivity contribution in [1.29, 1.82) is 0 Å². The number of anilines is 2. The van der Waals surface area contributed by atoms with E-state index in [-0.39, 0.29) is 34.3 Å². The van der Waals surface area contributed by atoms with Gasteiger partial charge in [0.25, 0.3) is 0 Å². The fourth-order valence-corrected chi connectivity index (χ4v) is 3.34. The number of hydrogen-bond acceptors (Lipinski definition) is 7. The maximum Gasteiger partial charge on any atom is 0.446 e. The third-order valence-electron chi connectivity index (χ3n) is 3.99. The van der Waals surface area contributed by atoms with Crippen LogP contribution in [-0.4, -0.2) is 46.0 Å². The summed E-state index contributed by atoms with van der Waals surface area (Å²) in [7, 11) is 0. The minimum absolute atomic E-state index is 0.0330. The van der Waals surface area contributed by atoms with Gasteiger partial charge in [-0.2, -0.15) is 13.2 Å². The first kappa shape index (κ1) is 21.9. The zero-order valence-electron chi connectivity index (χ0n) is 15.4. The maximum atomic E-state index is 12.8. The summed E-state index contributed by atoms with van der Waals surface area (Å²) in [4.78, 5) is 16.4. The van der Waals surface area contributed by atoms with E-state index in [1.165, 1.54) is 24.4 Å². The summed E-state index contributed by atoms with van der Waals surface area (Å²) < 4.78 is 43.5. The maximum absolute atomic E-state index is 12.8. The molecule has 0 saturated heterocycles. The van der Waals surface area contributed by atoms with Gasteiger partial charge in [-0.1, -0.05) is 24.3 Å². The van der Waals surface area contributed by atoms with Crippen LogP contribution in [0.1, 0.15) is 10.4 Å². The molecule has 0 radical (unpaired) electrons. The Morgan fingerprint density at radius 2 is 1.90 bits per heavy atom. The van der Waals surface area contributed by atoms with Crippen LogP contribution in [0.2, 0.25) is 0 Å². The van der Waals surface area contributed by atoms with E-state index in [0.717, 1.165) is 0 Å². The highest BCUT2D eigenvalue weighted by molar-refractivity contribution is 8.00. The van der Waals surface area contributed by atoms with Crippen molar-refractivity contribution in [3.63, 3.8) is 0 Å². The second-order valence-corrected chi connectivity index (χ2v) is 7.27. The number of hydrogen-bond donors (Lipinski definition) is 3. The summed E-state index contributed by atoms with van der Waals surface area (Å²) in [6, 6.07) is 12.5. The molecule has 10 heteroatoms. The van der Waals surface area contributed by atoms with Crippen LogP contribution in [0.25, 0.3) is 10.9 Å². The summed E-state index contributed by atoms with van der Waals surface area (Å²) in [5, 5.41) is 21.7. The number of aliphatic hydroxyl groups is 2. The van der Waals surface area contributed by atoms with Crippen molar-refractivity contribution in [1.82, 2.24) is 4.98 Å². The van der Waals surface area contributed by atoms with Crippen LogP contribution in [0.4, 0.5) is 24.5 Å². The molecule has 30 heavy (non-hydrogen) atoms. The van der Waals surface area contributed by atoms with E-state index in [1.807, 2.05) is 0 Å². The molecule has 3 rings (SSSR count).